The second-order valence-corrected chi connectivity index (χ2v) is 24.6. The maximum Gasteiger partial charge on any atom is -0.172 e. The molecule has 0 radical (unpaired) electrons. The summed E-state index contributed by atoms with van der Waals surface area (Å²) in [7, 11) is 0. The molecule has 0 amide bonds. The molecule has 8 rings (SSSR count). The Hall–Kier alpha value is -0.660. The Morgan fingerprint density at radius 1 is 0.740 bits per heavy atom. The van der Waals surface area contributed by atoms with Gasteiger partial charge in [0.2, 0.25) is 0 Å². The van der Waals surface area contributed by atoms with E-state index in [1.54, 1.807) is 79.6 Å². The van der Waals surface area contributed by atoms with Crippen molar-refractivity contribution in [2.75, 3.05) is 0 Å². The van der Waals surface area contributed by atoms with Gasteiger partial charge in [0, 0.05) is 0 Å². The Labute approximate surface area is 334 Å². The summed E-state index contributed by atoms with van der Waals surface area (Å²) in [6.07, 6.45) is 24.2. The van der Waals surface area contributed by atoms with Gasteiger partial charge in [0.25, 0.3) is 0 Å². The van der Waals surface area contributed by atoms with Crippen LogP contribution >= 0.6 is 0 Å². The minimum absolute atomic E-state index is 0. The molecule has 3 saturated carbocycles. The van der Waals surface area contributed by atoms with Crippen molar-refractivity contribution >= 4 is 11.0 Å². The Morgan fingerprint density at radius 2 is 1.30 bits per heavy atom. The molecular weight excluding hydrogens is 743 g/mol. The predicted molar refractivity (Wildman–Crippen MR) is 206 cm³/mol. The summed E-state index contributed by atoms with van der Waals surface area (Å²) in [5.41, 5.74) is 12.9. The first-order chi connectivity index (χ1) is 22.9. The van der Waals surface area contributed by atoms with Crippen molar-refractivity contribution in [3.05, 3.63) is 101 Å². The summed E-state index contributed by atoms with van der Waals surface area (Å²) in [5, 5.41) is 0. The standard InChI is InChI=1S/C29H37.C12H22Si.C5H5.2ClH.Zr/c1-18-25-22-17-19-13-9-10-14-20(19)24(22)21-15-11-12-16-23(21)29(25,8)28(6,7)27(4,5)26(18,2)3;1-3-7-11(8-4-1)13-12-9-5-2-6-10-12;1-2-4-5-3-1;;;/h9-11,13-15,23H,12,16-17H2,1-8H3;11-12H,1-10H2;1-5H;2*1H;/q-1;;-1;;;+2/p-2. The predicted octanol–water partition coefficient (Wildman–Crippen LogP) is 7.57. The fourth-order valence-corrected chi connectivity index (χ4v) is 18.0. The van der Waals surface area contributed by atoms with Gasteiger partial charge in [-0.3, -0.25) is 0 Å². The molecule has 0 saturated heterocycles. The molecule has 2 unspecified atom stereocenters. The van der Waals surface area contributed by atoms with Gasteiger partial charge in [-0.1, -0.05) is 113 Å². The van der Waals surface area contributed by atoms with Gasteiger partial charge in [-0.25, -0.2) is 18.1 Å². The Balaban J connectivity index is 0.000000223. The van der Waals surface area contributed by atoms with Crippen LogP contribution in [0.5, 0.6) is 0 Å². The zero-order valence-corrected chi connectivity index (χ0v) is 37.5. The summed E-state index contributed by atoms with van der Waals surface area (Å²) in [6.45, 7) is 20.3. The molecule has 0 N–H and O–H groups in total. The van der Waals surface area contributed by atoms with Crippen LogP contribution in [-0.4, -0.2) is 5.43 Å². The van der Waals surface area contributed by atoms with Crippen LogP contribution < -0.4 is 24.8 Å². The topological polar surface area (TPSA) is 0 Å². The van der Waals surface area contributed by atoms with Crippen molar-refractivity contribution < 1.29 is 48.1 Å². The van der Waals surface area contributed by atoms with E-state index in [-0.39, 0.29) is 51.9 Å². The van der Waals surface area contributed by atoms with E-state index < -0.39 is 0 Å². The molecule has 2 aromatic rings. The van der Waals surface area contributed by atoms with Crippen molar-refractivity contribution in [3.63, 3.8) is 0 Å². The molecule has 0 aliphatic heterocycles. The van der Waals surface area contributed by atoms with Crippen LogP contribution in [0.4, 0.5) is 0 Å². The molecule has 3 fully saturated rings. The molecule has 6 aliphatic rings. The first-order valence-electron chi connectivity index (χ1n) is 19.7. The second-order valence-electron chi connectivity index (χ2n) is 17.8. The van der Waals surface area contributed by atoms with Gasteiger partial charge in [0.1, 0.15) is 0 Å². The maximum absolute atomic E-state index is 2.62. The van der Waals surface area contributed by atoms with Crippen molar-refractivity contribution in [3.8, 4) is 0 Å². The Morgan fingerprint density at radius 3 is 1.84 bits per heavy atom. The van der Waals surface area contributed by atoms with Gasteiger partial charge in [0.15, 0.2) is 0 Å². The number of hydrogen-bond acceptors (Lipinski definition) is 0. The van der Waals surface area contributed by atoms with E-state index in [1.807, 2.05) is 53.7 Å². The summed E-state index contributed by atoms with van der Waals surface area (Å²) in [4.78, 5) is 0. The molecule has 0 spiro atoms. The number of hydrogen-bond donors (Lipinski definition) is 0. The third-order valence-corrected chi connectivity index (χ3v) is 24.4. The van der Waals surface area contributed by atoms with Crippen molar-refractivity contribution in [1.29, 1.82) is 0 Å². The fraction of sp³-hybridized carbons (Fsp3) is 0.609. The van der Waals surface area contributed by atoms with Gasteiger partial charge in [-0.15, -0.1) is 6.92 Å². The number of rotatable bonds is 2. The molecule has 0 bridgehead atoms. The van der Waals surface area contributed by atoms with E-state index in [0.717, 1.165) is 6.42 Å². The zero-order valence-electron chi connectivity index (χ0n) is 32.5. The number of allylic oxidation sites excluding steroid dienone is 6. The average Bonchev–Trinajstić information content (AvgIpc) is 3.81. The average molecular weight is 807 g/mol. The number of halogens is 2. The third-order valence-electron chi connectivity index (χ3n) is 15.4. The van der Waals surface area contributed by atoms with E-state index in [0.29, 0.717) is 5.92 Å². The van der Waals surface area contributed by atoms with E-state index in [4.69, 9.17) is 0 Å². The summed E-state index contributed by atoms with van der Waals surface area (Å²) < 4.78 is 0. The van der Waals surface area contributed by atoms with Gasteiger partial charge < -0.3 is 24.8 Å². The van der Waals surface area contributed by atoms with Crippen LogP contribution in [-0.2, 0) is 29.8 Å². The fourth-order valence-electron chi connectivity index (χ4n) is 11.0. The molecule has 272 valence electrons. The van der Waals surface area contributed by atoms with Crippen molar-refractivity contribution in [1.82, 2.24) is 0 Å². The molecule has 0 nitrogen and oxygen atoms in total. The summed E-state index contributed by atoms with van der Waals surface area (Å²) >= 11 is 1.95. The maximum atomic E-state index is 2.62. The Kier molecular flexibility index (Phi) is 14.1. The van der Waals surface area contributed by atoms with Gasteiger partial charge in [-0.05, 0) is 40.6 Å². The molecule has 0 heterocycles. The third kappa shape index (κ3) is 7.14. The second kappa shape index (κ2) is 16.8. The molecular formula is C46H64Cl2SiZr-2. The van der Waals surface area contributed by atoms with Crippen LogP contribution in [0.25, 0.3) is 5.57 Å². The van der Waals surface area contributed by atoms with Crippen molar-refractivity contribution in [2.24, 2.45) is 27.6 Å². The van der Waals surface area contributed by atoms with Gasteiger partial charge in [-0.2, -0.15) is 29.3 Å². The number of fused-ring (bicyclic) bond motifs is 6. The smallest absolute Gasteiger partial charge is 0.172 e. The van der Waals surface area contributed by atoms with Crippen LogP contribution in [0.2, 0.25) is 11.1 Å². The molecule has 2 aromatic carbocycles. The Bertz CT molecular complexity index is 1510. The molecule has 6 aliphatic carbocycles. The SMILES string of the molecule is C[C-]1C2=C3Cc4ccccc4C3=C3C=CCCC3C2(C)C(C)(C)C(C)(C)C1(C)C.[Cl-].[Cl-].[Zr+2]=[Si](C1CCCCC1)C1CCCCC1.c1cc[cH-]c1. The van der Waals surface area contributed by atoms with Gasteiger partial charge in [0.05, 0.1) is 0 Å². The van der Waals surface area contributed by atoms with E-state index in [2.05, 4.69) is 91.8 Å². The molecule has 2 atom stereocenters. The first kappa shape index (κ1) is 42.1. The van der Waals surface area contributed by atoms with E-state index in [9.17, 15) is 0 Å². The largest absolute Gasteiger partial charge is 0.214 e. The van der Waals surface area contributed by atoms with E-state index >= 15 is 0 Å². The monoisotopic (exact) mass is 804 g/mol. The number of benzene rings is 1. The molecule has 4 heteroatoms. The van der Waals surface area contributed by atoms with Crippen molar-refractivity contribution in [2.45, 2.75) is 150 Å². The molecule has 0 aromatic heterocycles. The van der Waals surface area contributed by atoms with Crippen LogP contribution in [0.1, 0.15) is 144 Å². The minimum atomic E-state index is 0. The van der Waals surface area contributed by atoms with Crippen LogP contribution in [0, 0.1) is 33.5 Å². The summed E-state index contributed by atoms with van der Waals surface area (Å²) in [6, 6.07) is 19.2. The quantitative estimate of drug-likeness (QED) is 0.217. The van der Waals surface area contributed by atoms with Crippen LogP contribution in [0.3, 0.4) is 0 Å². The van der Waals surface area contributed by atoms with Gasteiger partial charge >= 0.3 is 104 Å². The van der Waals surface area contributed by atoms with Crippen LogP contribution in [0.15, 0.2) is 83.5 Å². The summed E-state index contributed by atoms with van der Waals surface area (Å²) in [5.74, 6) is 2.24. The minimum Gasteiger partial charge on any atom is -0.214 e. The first-order valence-corrected chi connectivity index (χ1v) is 25.0. The van der Waals surface area contributed by atoms with E-state index in [1.165, 1.54) is 47.9 Å². The molecule has 50 heavy (non-hydrogen) atoms. The normalized spacial score (nSPS) is 27.5. The zero-order chi connectivity index (χ0) is 34.3.